The van der Waals surface area contributed by atoms with Gasteiger partial charge in [0.2, 0.25) is 0 Å². The Morgan fingerprint density at radius 2 is 1.85 bits per heavy atom. The van der Waals surface area contributed by atoms with Crippen molar-refractivity contribution in [1.29, 1.82) is 0 Å². The topological polar surface area (TPSA) is 25.2 Å². The van der Waals surface area contributed by atoms with Crippen LogP contribution >= 0.6 is 11.6 Å². The van der Waals surface area contributed by atoms with Crippen LogP contribution in [-0.2, 0) is 0 Å². The van der Waals surface area contributed by atoms with Gasteiger partial charge in [-0.1, -0.05) is 6.92 Å². The van der Waals surface area contributed by atoms with Crippen molar-refractivity contribution in [2.45, 2.75) is 19.4 Å². The van der Waals surface area contributed by atoms with Gasteiger partial charge in [-0.2, -0.15) is 0 Å². The summed E-state index contributed by atoms with van der Waals surface area (Å²) in [7, 11) is 0. The molecule has 0 saturated carbocycles. The summed E-state index contributed by atoms with van der Waals surface area (Å²) < 4.78 is 45.5. The van der Waals surface area contributed by atoms with Crippen molar-refractivity contribution < 1.29 is 17.6 Å². The van der Waals surface area contributed by atoms with Gasteiger partial charge in [-0.25, -0.2) is 13.2 Å². The summed E-state index contributed by atoms with van der Waals surface area (Å²) in [4.78, 5) is 0. The van der Waals surface area contributed by atoms with Gasteiger partial charge < -0.3 is 9.73 Å². The SMILES string of the molecule is CCCNC(c1ccc(Cl)o1)c1cc(F)c(F)cc1F. The van der Waals surface area contributed by atoms with Crippen molar-refractivity contribution in [3.63, 3.8) is 0 Å². The van der Waals surface area contributed by atoms with Gasteiger partial charge in [-0.15, -0.1) is 0 Å². The smallest absolute Gasteiger partial charge is 0.193 e. The third-order valence-electron chi connectivity index (χ3n) is 2.83. The maximum atomic E-state index is 13.9. The van der Waals surface area contributed by atoms with E-state index in [-0.39, 0.29) is 10.8 Å². The molecule has 2 nitrogen and oxygen atoms in total. The molecule has 0 aliphatic heterocycles. The molecule has 1 aromatic carbocycles. The highest BCUT2D eigenvalue weighted by molar-refractivity contribution is 6.28. The standard InChI is InChI=1S/C14H13ClF3NO/c1-2-5-19-14(12-3-4-13(15)20-12)8-6-10(17)11(18)7-9(8)16/h3-4,6-7,14,19H,2,5H2,1H3. The number of hydrogen-bond acceptors (Lipinski definition) is 2. The zero-order valence-electron chi connectivity index (χ0n) is 10.7. The molecule has 0 fully saturated rings. The van der Waals surface area contributed by atoms with Gasteiger partial charge in [0.05, 0.1) is 6.04 Å². The molecule has 1 heterocycles. The summed E-state index contributed by atoms with van der Waals surface area (Å²) in [6.07, 6.45) is 0.788. The van der Waals surface area contributed by atoms with Crippen LogP contribution in [0.2, 0.25) is 5.22 Å². The minimum atomic E-state index is -1.22. The molecule has 2 rings (SSSR count). The summed E-state index contributed by atoms with van der Waals surface area (Å²) in [5.74, 6) is -2.83. The minimum Gasteiger partial charge on any atom is -0.448 e. The fraction of sp³-hybridized carbons (Fsp3) is 0.286. The molecular weight excluding hydrogens is 291 g/mol. The number of halogens is 4. The summed E-state index contributed by atoms with van der Waals surface area (Å²) in [6, 6.07) is 3.70. The maximum absolute atomic E-state index is 13.9. The number of nitrogens with one attached hydrogen (secondary N) is 1. The van der Waals surface area contributed by atoms with Crippen LogP contribution in [-0.4, -0.2) is 6.54 Å². The normalized spacial score (nSPS) is 12.7. The van der Waals surface area contributed by atoms with Crippen molar-refractivity contribution >= 4 is 11.6 Å². The monoisotopic (exact) mass is 303 g/mol. The molecular formula is C14H13ClF3NO. The van der Waals surface area contributed by atoms with Gasteiger partial charge in [-0.05, 0) is 42.8 Å². The molecule has 1 N–H and O–H groups in total. The van der Waals surface area contributed by atoms with Crippen molar-refractivity contribution in [2.75, 3.05) is 6.54 Å². The Balaban J connectivity index is 2.43. The maximum Gasteiger partial charge on any atom is 0.193 e. The van der Waals surface area contributed by atoms with Gasteiger partial charge in [0.25, 0.3) is 0 Å². The Morgan fingerprint density at radius 3 is 2.45 bits per heavy atom. The Labute approximate surface area is 119 Å². The van der Waals surface area contributed by atoms with Crippen LogP contribution in [0, 0.1) is 17.5 Å². The van der Waals surface area contributed by atoms with E-state index >= 15 is 0 Å². The predicted octanol–water partition coefficient (Wildman–Crippen LogP) is 4.44. The molecule has 0 aliphatic carbocycles. The molecule has 0 bridgehead atoms. The van der Waals surface area contributed by atoms with Crippen molar-refractivity contribution in [3.8, 4) is 0 Å². The van der Waals surface area contributed by atoms with Crippen LogP contribution in [0.4, 0.5) is 13.2 Å². The largest absolute Gasteiger partial charge is 0.448 e. The van der Waals surface area contributed by atoms with Crippen LogP contribution in [0.5, 0.6) is 0 Å². The molecule has 1 atom stereocenters. The molecule has 0 saturated heterocycles. The van der Waals surface area contributed by atoms with Gasteiger partial charge in [0.1, 0.15) is 11.6 Å². The molecule has 0 radical (unpaired) electrons. The third-order valence-corrected chi connectivity index (χ3v) is 3.03. The highest BCUT2D eigenvalue weighted by Gasteiger charge is 2.22. The predicted molar refractivity (Wildman–Crippen MR) is 70.2 cm³/mol. The van der Waals surface area contributed by atoms with E-state index in [0.717, 1.165) is 12.5 Å². The van der Waals surface area contributed by atoms with E-state index in [0.29, 0.717) is 18.4 Å². The molecule has 20 heavy (non-hydrogen) atoms. The summed E-state index contributed by atoms with van der Waals surface area (Å²) in [5.41, 5.74) is -0.0247. The Bertz CT molecular complexity index is 600. The molecule has 2 aromatic rings. The number of furan rings is 1. The molecule has 0 amide bonds. The van der Waals surface area contributed by atoms with Gasteiger partial charge >= 0.3 is 0 Å². The van der Waals surface area contributed by atoms with Gasteiger partial charge in [0.15, 0.2) is 16.9 Å². The Morgan fingerprint density at radius 1 is 1.15 bits per heavy atom. The lowest BCUT2D eigenvalue weighted by atomic mass is 10.0. The molecule has 108 valence electrons. The molecule has 0 spiro atoms. The first-order valence-electron chi connectivity index (χ1n) is 6.16. The molecule has 6 heteroatoms. The van der Waals surface area contributed by atoms with Crippen LogP contribution in [0.15, 0.2) is 28.7 Å². The highest BCUT2D eigenvalue weighted by atomic mass is 35.5. The molecule has 0 aliphatic rings. The first-order valence-corrected chi connectivity index (χ1v) is 6.53. The fourth-order valence-corrected chi connectivity index (χ4v) is 2.05. The molecule has 1 aromatic heterocycles. The van der Waals surface area contributed by atoms with E-state index in [2.05, 4.69) is 5.32 Å². The minimum absolute atomic E-state index is 0.0247. The average molecular weight is 304 g/mol. The third kappa shape index (κ3) is 3.16. The zero-order chi connectivity index (χ0) is 14.7. The van der Waals surface area contributed by atoms with Crippen molar-refractivity contribution in [3.05, 3.63) is 58.3 Å². The second-order valence-corrected chi connectivity index (χ2v) is 4.69. The van der Waals surface area contributed by atoms with E-state index in [9.17, 15) is 13.2 Å². The second kappa shape index (κ2) is 6.33. The van der Waals surface area contributed by atoms with E-state index in [4.69, 9.17) is 16.0 Å². The van der Waals surface area contributed by atoms with E-state index < -0.39 is 23.5 Å². The molecule has 1 unspecified atom stereocenters. The number of hydrogen-bond donors (Lipinski definition) is 1. The lowest BCUT2D eigenvalue weighted by molar-refractivity contribution is 0.429. The van der Waals surface area contributed by atoms with Crippen LogP contribution in [0.3, 0.4) is 0 Å². The first kappa shape index (κ1) is 14.9. The average Bonchev–Trinajstić information content (AvgIpc) is 2.82. The fourth-order valence-electron chi connectivity index (χ4n) is 1.90. The lowest BCUT2D eigenvalue weighted by Crippen LogP contribution is -2.24. The number of rotatable bonds is 5. The summed E-state index contributed by atoms with van der Waals surface area (Å²) in [6.45, 7) is 2.49. The van der Waals surface area contributed by atoms with Crippen molar-refractivity contribution in [1.82, 2.24) is 5.32 Å². The van der Waals surface area contributed by atoms with Crippen molar-refractivity contribution in [2.24, 2.45) is 0 Å². The second-order valence-electron chi connectivity index (χ2n) is 4.32. The van der Waals surface area contributed by atoms with E-state index in [1.54, 1.807) is 6.07 Å². The van der Waals surface area contributed by atoms with Crippen LogP contribution < -0.4 is 5.32 Å². The Kier molecular flexibility index (Phi) is 4.73. The first-order chi connectivity index (χ1) is 9.52. The zero-order valence-corrected chi connectivity index (χ0v) is 11.5. The van der Waals surface area contributed by atoms with Crippen LogP contribution in [0.1, 0.15) is 30.7 Å². The van der Waals surface area contributed by atoms with E-state index in [1.807, 2.05) is 6.92 Å². The van der Waals surface area contributed by atoms with Gasteiger partial charge in [-0.3, -0.25) is 0 Å². The summed E-state index contributed by atoms with van der Waals surface area (Å²) in [5, 5.41) is 3.17. The summed E-state index contributed by atoms with van der Waals surface area (Å²) >= 11 is 5.70. The quantitative estimate of drug-likeness (QED) is 0.826. The van der Waals surface area contributed by atoms with Gasteiger partial charge in [0, 0.05) is 11.6 Å². The lowest BCUT2D eigenvalue weighted by Gasteiger charge is -2.17. The number of benzene rings is 1. The van der Waals surface area contributed by atoms with E-state index in [1.165, 1.54) is 6.07 Å². The highest BCUT2D eigenvalue weighted by Crippen LogP contribution is 2.29. The van der Waals surface area contributed by atoms with Crippen LogP contribution in [0.25, 0.3) is 0 Å². The Hall–Kier alpha value is -1.46.